The van der Waals surface area contributed by atoms with E-state index < -0.39 is 10.0 Å². The molecule has 1 heterocycles. The van der Waals surface area contributed by atoms with Gasteiger partial charge in [0.1, 0.15) is 4.90 Å². The molecule has 114 valence electrons. The molecule has 1 aliphatic rings. The Hall–Kier alpha value is -1.08. The number of rotatable bonds is 5. The normalized spacial score (nSPS) is 18.1. The quantitative estimate of drug-likeness (QED) is 0.812. The maximum atomic E-state index is 12.4. The molecule has 0 amide bonds. The minimum Gasteiger partial charge on any atom is -0.381 e. The zero-order chi connectivity index (χ0) is 14.6. The maximum Gasteiger partial charge on any atom is 0.246 e. The number of nitrogens with two attached hydrogens (primary N) is 1. The van der Waals surface area contributed by atoms with Gasteiger partial charge in [-0.25, -0.2) is 13.1 Å². The van der Waals surface area contributed by atoms with Crippen LogP contribution in [0.5, 0.6) is 0 Å². The van der Waals surface area contributed by atoms with Crippen LogP contribution in [-0.2, 0) is 16.6 Å². The zero-order valence-corrected chi connectivity index (χ0v) is 12.8. The van der Waals surface area contributed by atoms with E-state index in [-0.39, 0.29) is 16.8 Å². The van der Waals surface area contributed by atoms with Gasteiger partial charge in [0.15, 0.2) is 5.82 Å². The lowest BCUT2D eigenvalue weighted by atomic mass is 10.1. The molecular formula is C13H24N4O2S. The van der Waals surface area contributed by atoms with Gasteiger partial charge < -0.3 is 5.73 Å². The third-order valence-electron chi connectivity index (χ3n) is 3.67. The first-order chi connectivity index (χ1) is 9.53. The summed E-state index contributed by atoms with van der Waals surface area (Å²) >= 11 is 0. The molecule has 1 aromatic heterocycles. The lowest BCUT2D eigenvalue weighted by molar-refractivity contribution is 0.510. The van der Waals surface area contributed by atoms with E-state index in [1.807, 2.05) is 6.92 Å². The number of nitrogens with one attached hydrogen (secondary N) is 1. The number of aryl methyl sites for hydroxylation is 1. The van der Waals surface area contributed by atoms with Crippen LogP contribution in [0.2, 0.25) is 0 Å². The van der Waals surface area contributed by atoms with Gasteiger partial charge in [0.05, 0.1) is 0 Å². The van der Waals surface area contributed by atoms with Crippen LogP contribution in [-0.4, -0.2) is 24.2 Å². The second kappa shape index (κ2) is 6.58. The summed E-state index contributed by atoms with van der Waals surface area (Å²) in [6.45, 7) is 2.68. The van der Waals surface area contributed by atoms with E-state index >= 15 is 0 Å². The second-order valence-corrected chi connectivity index (χ2v) is 7.13. The van der Waals surface area contributed by atoms with Gasteiger partial charge in [-0.1, -0.05) is 32.6 Å². The summed E-state index contributed by atoms with van der Waals surface area (Å²) in [6.07, 6.45) is 8.76. The topological polar surface area (TPSA) is 90.0 Å². The van der Waals surface area contributed by atoms with E-state index in [1.165, 1.54) is 19.0 Å². The number of nitrogen functional groups attached to an aromatic ring is 1. The Morgan fingerprint density at radius 1 is 1.35 bits per heavy atom. The number of hydrogen-bond donors (Lipinski definition) is 2. The van der Waals surface area contributed by atoms with Gasteiger partial charge in [-0.05, 0) is 19.3 Å². The van der Waals surface area contributed by atoms with Crippen molar-refractivity contribution >= 4 is 15.8 Å². The van der Waals surface area contributed by atoms with E-state index in [4.69, 9.17) is 5.73 Å². The number of hydrogen-bond acceptors (Lipinski definition) is 4. The molecule has 0 aliphatic heterocycles. The summed E-state index contributed by atoms with van der Waals surface area (Å²) < 4.78 is 29.2. The highest BCUT2D eigenvalue weighted by Gasteiger charge is 2.25. The Morgan fingerprint density at radius 3 is 2.60 bits per heavy atom. The lowest BCUT2D eigenvalue weighted by Crippen LogP contribution is -2.34. The van der Waals surface area contributed by atoms with E-state index in [9.17, 15) is 8.42 Å². The van der Waals surface area contributed by atoms with Gasteiger partial charge >= 0.3 is 0 Å². The first kappa shape index (κ1) is 15.3. The second-order valence-electron chi connectivity index (χ2n) is 5.45. The van der Waals surface area contributed by atoms with Crippen LogP contribution in [0.1, 0.15) is 51.9 Å². The lowest BCUT2D eigenvalue weighted by Gasteiger charge is -2.15. The molecule has 6 nitrogen and oxygen atoms in total. The molecular weight excluding hydrogens is 276 g/mol. The third kappa shape index (κ3) is 3.73. The van der Waals surface area contributed by atoms with Crippen molar-refractivity contribution in [1.82, 2.24) is 14.5 Å². The highest BCUT2D eigenvalue weighted by atomic mass is 32.2. The van der Waals surface area contributed by atoms with E-state index in [0.29, 0.717) is 6.54 Å². The van der Waals surface area contributed by atoms with Gasteiger partial charge in [0.2, 0.25) is 10.0 Å². The van der Waals surface area contributed by atoms with Gasteiger partial charge in [-0.2, -0.15) is 5.10 Å². The van der Waals surface area contributed by atoms with Gasteiger partial charge in [-0.3, -0.25) is 4.68 Å². The molecule has 0 atom stereocenters. The monoisotopic (exact) mass is 300 g/mol. The van der Waals surface area contributed by atoms with Crippen molar-refractivity contribution in [2.24, 2.45) is 0 Å². The van der Waals surface area contributed by atoms with Gasteiger partial charge in [0, 0.05) is 18.8 Å². The molecule has 0 aromatic carbocycles. The van der Waals surface area contributed by atoms with Crippen molar-refractivity contribution in [2.45, 2.75) is 69.4 Å². The van der Waals surface area contributed by atoms with Crippen LogP contribution in [0.4, 0.5) is 5.82 Å². The Morgan fingerprint density at radius 2 is 2.00 bits per heavy atom. The molecule has 3 N–H and O–H groups in total. The van der Waals surface area contributed by atoms with Crippen LogP contribution in [0.25, 0.3) is 0 Å². The number of sulfonamides is 1. The SMILES string of the molecule is CCCn1cc(S(=O)(=O)NC2CCCCCC2)c(N)n1. The summed E-state index contributed by atoms with van der Waals surface area (Å²) in [5, 5.41) is 4.05. The third-order valence-corrected chi connectivity index (χ3v) is 5.21. The number of anilines is 1. The summed E-state index contributed by atoms with van der Waals surface area (Å²) in [6, 6.07) is 0.0245. The molecule has 7 heteroatoms. The van der Waals surface area contributed by atoms with Gasteiger partial charge in [0.25, 0.3) is 0 Å². The van der Waals surface area contributed by atoms with Crippen LogP contribution in [0.15, 0.2) is 11.1 Å². The fourth-order valence-electron chi connectivity index (χ4n) is 2.65. The molecule has 0 bridgehead atoms. The zero-order valence-electron chi connectivity index (χ0n) is 12.0. The average molecular weight is 300 g/mol. The maximum absolute atomic E-state index is 12.4. The highest BCUT2D eigenvalue weighted by Crippen LogP contribution is 2.21. The largest absolute Gasteiger partial charge is 0.381 e. The minimum atomic E-state index is -3.56. The Labute approximate surface area is 120 Å². The van der Waals surface area contributed by atoms with Crippen LogP contribution >= 0.6 is 0 Å². The first-order valence-electron chi connectivity index (χ1n) is 7.38. The molecule has 0 radical (unpaired) electrons. The van der Waals surface area contributed by atoms with Crippen LogP contribution < -0.4 is 10.5 Å². The van der Waals surface area contributed by atoms with Crippen molar-refractivity contribution in [3.05, 3.63) is 6.20 Å². The number of aromatic nitrogens is 2. The molecule has 2 rings (SSSR count). The van der Waals surface area contributed by atoms with E-state index in [2.05, 4.69) is 9.82 Å². The van der Waals surface area contributed by atoms with Crippen molar-refractivity contribution in [3.63, 3.8) is 0 Å². The van der Waals surface area contributed by atoms with Crippen LogP contribution in [0, 0.1) is 0 Å². The Balaban J connectivity index is 2.12. The summed E-state index contributed by atoms with van der Waals surface area (Å²) in [5.74, 6) is 0.0829. The Kier molecular flexibility index (Phi) is 5.04. The predicted octanol–water partition coefficient (Wildman–Crippen LogP) is 1.88. The molecule has 1 saturated carbocycles. The fraction of sp³-hybridized carbons (Fsp3) is 0.769. The minimum absolute atomic E-state index is 0.0245. The summed E-state index contributed by atoms with van der Waals surface area (Å²) in [7, 11) is -3.56. The summed E-state index contributed by atoms with van der Waals surface area (Å²) in [5.41, 5.74) is 5.74. The van der Waals surface area contributed by atoms with Crippen molar-refractivity contribution in [2.75, 3.05) is 5.73 Å². The molecule has 1 aromatic rings. The molecule has 20 heavy (non-hydrogen) atoms. The molecule has 1 aliphatic carbocycles. The van der Waals surface area contributed by atoms with Crippen molar-refractivity contribution in [1.29, 1.82) is 0 Å². The highest BCUT2D eigenvalue weighted by molar-refractivity contribution is 7.89. The standard InChI is InChI=1S/C13H24N4O2S/c1-2-9-17-10-12(13(14)15-17)20(18,19)16-11-7-5-3-4-6-8-11/h10-11,16H,2-9H2,1H3,(H2,14,15). The summed E-state index contributed by atoms with van der Waals surface area (Å²) in [4.78, 5) is 0.107. The molecule has 0 unspecified atom stereocenters. The van der Waals surface area contributed by atoms with E-state index in [0.717, 1.165) is 32.1 Å². The van der Waals surface area contributed by atoms with Crippen molar-refractivity contribution < 1.29 is 8.42 Å². The first-order valence-corrected chi connectivity index (χ1v) is 8.86. The average Bonchev–Trinajstić information content (AvgIpc) is 2.60. The molecule has 0 saturated heterocycles. The smallest absolute Gasteiger partial charge is 0.246 e. The van der Waals surface area contributed by atoms with Crippen LogP contribution in [0.3, 0.4) is 0 Å². The van der Waals surface area contributed by atoms with Crippen molar-refractivity contribution in [3.8, 4) is 0 Å². The predicted molar refractivity (Wildman–Crippen MR) is 78.7 cm³/mol. The fourth-order valence-corrected chi connectivity index (χ4v) is 4.03. The van der Waals surface area contributed by atoms with E-state index in [1.54, 1.807) is 4.68 Å². The molecule has 1 fully saturated rings. The molecule has 0 spiro atoms. The van der Waals surface area contributed by atoms with Gasteiger partial charge in [-0.15, -0.1) is 0 Å². The Bertz CT molecular complexity index is 531. The number of nitrogens with zero attached hydrogens (tertiary/aromatic N) is 2.